The van der Waals surface area contributed by atoms with Crippen molar-refractivity contribution in [2.24, 2.45) is 0 Å². The Morgan fingerprint density at radius 3 is 1.89 bits per heavy atom. The Labute approximate surface area is 161 Å². The number of carboxylic acid groups (broad SMARTS) is 1. The maximum absolute atomic E-state index is 12.3. The Hall–Kier alpha value is -3.94. The molecule has 0 spiro atoms. The topological polar surface area (TPSA) is 122 Å². The molecule has 2 amide bonds. The quantitative estimate of drug-likeness (QED) is 0.513. The first-order chi connectivity index (χ1) is 13.4. The molecule has 0 unspecified atom stereocenters. The van der Waals surface area contributed by atoms with Gasteiger partial charge in [0.15, 0.2) is 0 Å². The molecular formula is C20H16BN3O4. The summed E-state index contributed by atoms with van der Waals surface area (Å²) in [6.07, 6.45) is 0. The number of aromatic carboxylic acids is 1. The third-order valence-electron chi connectivity index (χ3n) is 3.97. The third-order valence-corrected chi connectivity index (χ3v) is 3.97. The molecule has 0 saturated heterocycles. The number of hydrogen-bond acceptors (Lipinski definition) is 4. The zero-order valence-electron chi connectivity index (χ0n) is 14.7. The molecular weight excluding hydrogens is 357 g/mol. The number of amides is 2. The van der Waals surface area contributed by atoms with E-state index in [0.29, 0.717) is 28.1 Å². The van der Waals surface area contributed by atoms with E-state index in [1.807, 2.05) is 0 Å². The van der Waals surface area contributed by atoms with Crippen LogP contribution in [0.2, 0.25) is 0 Å². The van der Waals surface area contributed by atoms with E-state index >= 15 is 0 Å². The number of nitrogen functional groups attached to an aromatic ring is 1. The number of carbonyl (C=O) groups excluding carboxylic acids is 2. The van der Waals surface area contributed by atoms with Crippen LogP contribution >= 0.6 is 0 Å². The van der Waals surface area contributed by atoms with Crippen LogP contribution in [0.4, 0.5) is 17.1 Å². The molecule has 1 aromatic heterocycles. The van der Waals surface area contributed by atoms with Crippen molar-refractivity contribution in [1.82, 2.24) is 0 Å². The first-order valence-electron chi connectivity index (χ1n) is 8.34. The fraction of sp³-hybridized carbons (Fsp3) is 0. The number of anilines is 3. The SMILES string of the molecule is Nc1ccc(C(=O)Nc2cbc(C(=O)Nc3ccc(C(=O)O)cc3)cc2)cc1. The number of benzene rings is 2. The zero-order chi connectivity index (χ0) is 20.1. The molecule has 0 atom stereocenters. The van der Waals surface area contributed by atoms with Crippen LogP contribution in [-0.2, 0) is 0 Å². The van der Waals surface area contributed by atoms with Gasteiger partial charge >= 0.3 is 161 Å². The molecule has 0 aliphatic rings. The Morgan fingerprint density at radius 1 is 0.750 bits per heavy atom. The summed E-state index contributed by atoms with van der Waals surface area (Å²) in [5, 5.41) is 14.3. The van der Waals surface area contributed by atoms with E-state index in [4.69, 9.17) is 10.8 Å². The van der Waals surface area contributed by atoms with Crippen molar-refractivity contribution in [3.63, 3.8) is 0 Å². The monoisotopic (exact) mass is 373 g/mol. The number of carboxylic acids is 1. The van der Waals surface area contributed by atoms with Gasteiger partial charge in [-0.25, -0.2) is 0 Å². The van der Waals surface area contributed by atoms with Gasteiger partial charge in [0.05, 0.1) is 0 Å². The van der Waals surface area contributed by atoms with Gasteiger partial charge in [-0.3, -0.25) is 0 Å². The molecule has 138 valence electrons. The molecule has 0 aliphatic carbocycles. The summed E-state index contributed by atoms with van der Waals surface area (Å²) in [7, 11) is 0. The van der Waals surface area contributed by atoms with Gasteiger partial charge in [-0.1, -0.05) is 0 Å². The summed E-state index contributed by atoms with van der Waals surface area (Å²) in [6, 6.07) is 15.6. The van der Waals surface area contributed by atoms with Gasteiger partial charge in [-0.2, -0.15) is 0 Å². The average molecular weight is 373 g/mol. The summed E-state index contributed by atoms with van der Waals surface area (Å²) in [6.45, 7) is 1.58. The van der Waals surface area contributed by atoms with Crippen molar-refractivity contribution in [3.05, 3.63) is 83.2 Å². The Bertz CT molecular complexity index is 1020. The Morgan fingerprint density at radius 2 is 1.32 bits per heavy atom. The van der Waals surface area contributed by atoms with Crippen LogP contribution in [0, 0.1) is 0 Å². The maximum atomic E-state index is 12.3. The normalized spacial score (nSPS) is 10.0. The second-order valence-corrected chi connectivity index (χ2v) is 5.99. The van der Waals surface area contributed by atoms with E-state index in [2.05, 4.69) is 10.6 Å². The molecule has 0 bridgehead atoms. The summed E-state index contributed by atoms with van der Waals surface area (Å²) in [5.74, 6) is -0.0397. The molecule has 3 rings (SSSR count). The number of hydrogen-bond donors (Lipinski definition) is 4. The third kappa shape index (κ3) is 4.61. The van der Waals surface area contributed by atoms with Crippen molar-refractivity contribution in [3.8, 4) is 0 Å². The fourth-order valence-corrected chi connectivity index (χ4v) is 2.44. The number of nitrogens with two attached hydrogens (primary N) is 1. The van der Waals surface area contributed by atoms with E-state index in [0.717, 1.165) is 0 Å². The molecule has 28 heavy (non-hydrogen) atoms. The number of carbonyl (C=O) groups is 3. The first-order valence-corrected chi connectivity index (χ1v) is 8.34. The van der Waals surface area contributed by atoms with Crippen molar-refractivity contribution in [2.75, 3.05) is 16.4 Å². The van der Waals surface area contributed by atoms with Crippen LogP contribution in [0.5, 0.6) is 0 Å². The number of nitrogens with one attached hydrogen (secondary N) is 2. The van der Waals surface area contributed by atoms with Gasteiger partial charge in [0, 0.05) is 0 Å². The summed E-state index contributed by atoms with van der Waals surface area (Å²) >= 11 is 0. The molecule has 3 aromatic rings. The van der Waals surface area contributed by atoms with Gasteiger partial charge in [0.25, 0.3) is 0 Å². The summed E-state index contributed by atoms with van der Waals surface area (Å²) < 4.78 is 0. The van der Waals surface area contributed by atoms with E-state index < -0.39 is 5.97 Å². The van der Waals surface area contributed by atoms with Crippen LogP contribution in [-0.4, -0.2) is 29.8 Å². The van der Waals surface area contributed by atoms with Gasteiger partial charge in [0.2, 0.25) is 0 Å². The van der Waals surface area contributed by atoms with Crippen molar-refractivity contribution < 1.29 is 19.5 Å². The predicted molar refractivity (Wildman–Crippen MR) is 108 cm³/mol. The minimum absolute atomic E-state index is 0.138. The van der Waals surface area contributed by atoms with Crippen LogP contribution in [0.1, 0.15) is 31.0 Å². The molecule has 7 nitrogen and oxygen atoms in total. The molecule has 0 radical (unpaired) electrons. The van der Waals surface area contributed by atoms with E-state index in [9.17, 15) is 14.4 Å². The molecule has 1 heterocycles. The molecule has 5 N–H and O–H groups in total. The Kier molecular flexibility index (Phi) is 5.50. The molecule has 0 aliphatic heterocycles. The average Bonchev–Trinajstić information content (AvgIpc) is 2.69. The van der Waals surface area contributed by atoms with Gasteiger partial charge < -0.3 is 0 Å². The standard InChI is InChI=1S/C20H16BN3O4/c22-14-5-1-12(2-6-14)18(25)24-16-9-10-17(21-11-16)19(26)23-15-7-3-13(4-8-15)20(27)28/h1-11H,22H2,(H,23,26)(H,24,25)(H,27,28). The van der Waals surface area contributed by atoms with Crippen LogP contribution in [0.15, 0.2) is 66.6 Å². The Balaban J connectivity index is 1.63. The van der Waals surface area contributed by atoms with Gasteiger partial charge in [-0.05, 0) is 0 Å². The van der Waals surface area contributed by atoms with Gasteiger partial charge in [-0.15, -0.1) is 0 Å². The van der Waals surface area contributed by atoms with Crippen LogP contribution < -0.4 is 16.4 Å². The van der Waals surface area contributed by atoms with E-state index in [1.54, 1.807) is 49.3 Å². The first kappa shape index (κ1) is 18.8. The fourth-order valence-electron chi connectivity index (χ4n) is 2.44. The second-order valence-electron chi connectivity index (χ2n) is 5.99. The molecule has 0 fully saturated rings. The van der Waals surface area contributed by atoms with E-state index in [-0.39, 0.29) is 17.4 Å². The molecule has 8 heteroatoms. The minimum atomic E-state index is -1.03. The zero-order valence-corrected chi connectivity index (χ0v) is 14.7. The molecule has 2 aromatic carbocycles. The summed E-state index contributed by atoms with van der Waals surface area (Å²) in [4.78, 5) is 35.3. The van der Waals surface area contributed by atoms with Crippen LogP contribution in [0.25, 0.3) is 0 Å². The predicted octanol–water partition coefficient (Wildman–Crippen LogP) is 2.81. The van der Waals surface area contributed by atoms with E-state index in [1.165, 1.54) is 24.3 Å². The summed E-state index contributed by atoms with van der Waals surface area (Å²) in [5.41, 5.74) is 8.21. The second kappa shape index (κ2) is 8.17. The van der Waals surface area contributed by atoms with Crippen molar-refractivity contribution in [1.29, 1.82) is 0 Å². The van der Waals surface area contributed by atoms with Crippen molar-refractivity contribution >= 4 is 41.8 Å². The van der Waals surface area contributed by atoms with Crippen molar-refractivity contribution in [2.45, 2.75) is 0 Å². The van der Waals surface area contributed by atoms with Crippen LogP contribution in [0.3, 0.4) is 0 Å². The number of rotatable bonds is 5. The molecule has 0 saturated carbocycles. The van der Waals surface area contributed by atoms with Gasteiger partial charge in [0.1, 0.15) is 0 Å².